The van der Waals surface area contributed by atoms with Crippen LogP contribution in [-0.4, -0.2) is 35.3 Å². The number of thiazole rings is 1. The monoisotopic (exact) mass is 502 g/mol. The predicted molar refractivity (Wildman–Crippen MR) is 140 cm³/mol. The average molecular weight is 503 g/mol. The topological polar surface area (TPSA) is 87.1 Å². The molecule has 0 bridgehead atoms. The molecular formula is C27H23FN4O3S. The van der Waals surface area contributed by atoms with Gasteiger partial charge in [-0.25, -0.2) is 9.37 Å². The van der Waals surface area contributed by atoms with Crippen molar-refractivity contribution < 1.29 is 19.1 Å². The standard InChI is InChI=1S/C27H23FN4O3S/c28-23-15-19(13-20(25(23)33)16-30-35-22-9-2-1-3-10-22)26(34)31-27-29-17-24(36-27)18-7-6-8-21(14-18)32-11-4-5-12-32/h1-3,6-10,13-17,33H,4-5,11-12H2,(H,29,31,34)/b30-16+. The van der Waals surface area contributed by atoms with Gasteiger partial charge < -0.3 is 14.8 Å². The Morgan fingerprint density at radius 1 is 1.11 bits per heavy atom. The van der Waals surface area contributed by atoms with Crippen molar-refractivity contribution in [2.45, 2.75) is 12.8 Å². The molecule has 0 saturated carbocycles. The first kappa shape index (κ1) is 23.5. The summed E-state index contributed by atoms with van der Waals surface area (Å²) < 4.78 is 14.3. The highest BCUT2D eigenvalue weighted by molar-refractivity contribution is 7.19. The molecule has 0 atom stereocenters. The van der Waals surface area contributed by atoms with Gasteiger partial charge in [0, 0.05) is 36.1 Å². The van der Waals surface area contributed by atoms with E-state index in [9.17, 15) is 14.3 Å². The minimum absolute atomic E-state index is 0.00892. The normalized spacial score (nSPS) is 13.3. The van der Waals surface area contributed by atoms with Crippen LogP contribution in [0.4, 0.5) is 15.2 Å². The number of carbonyl (C=O) groups excluding carboxylic acids is 1. The number of aromatic nitrogens is 1. The van der Waals surface area contributed by atoms with Crippen LogP contribution < -0.4 is 15.1 Å². The molecule has 3 aromatic carbocycles. The van der Waals surface area contributed by atoms with Crippen LogP contribution in [0.3, 0.4) is 0 Å². The van der Waals surface area contributed by atoms with Gasteiger partial charge in [0.2, 0.25) is 0 Å². The number of carbonyl (C=O) groups is 1. The molecule has 4 aromatic rings. The minimum Gasteiger partial charge on any atom is -0.504 e. The van der Waals surface area contributed by atoms with Crippen LogP contribution in [0.15, 0.2) is 78.1 Å². The molecule has 1 fully saturated rings. The Morgan fingerprint density at radius 2 is 1.92 bits per heavy atom. The number of hydrogen-bond acceptors (Lipinski definition) is 7. The number of nitrogens with zero attached hydrogens (tertiary/aromatic N) is 3. The summed E-state index contributed by atoms with van der Waals surface area (Å²) in [6.45, 7) is 2.11. The SMILES string of the molecule is O=C(Nc1ncc(-c2cccc(N3CCCC3)c2)s1)c1cc(F)c(O)c(/C=N/Oc2ccccc2)c1. The van der Waals surface area contributed by atoms with Crippen molar-refractivity contribution in [2.75, 3.05) is 23.3 Å². The van der Waals surface area contributed by atoms with Crippen LogP contribution in [0.1, 0.15) is 28.8 Å². The van der Waals surface area contributed by atoms with E-state index < -0.39 is 17.5 Å². The summed E-state index contributed by atoms with van der Waals surface area (Å²) in [7, 11) is 0. The Balaban J connectivity index is 1.30. The first-order valence-electron chi connectivity index (χ1n) is 11.5. The molecule has 1 aromatic heterocycles. The summed E-state index contributed by atoms with van der Waals surface area (Å²) in [4.78, 5) is 25.6. The third kappa shape index (κ3) is 5.36. The lowest BCUT2D eigenvalue weighted by Crippen LogP contribution is -2.17. The molecule has 2 heterocycles. The van der Waals surface area contributed by atoms with Crippen LogP contribution in [0, 0.1) is 5.82 Å². The van der Waals surface area contributed by atoms with Gasteiger partial charge in [-0.3, -0.25) is 10.1 Å². The summed E-state index contributed by atoms with van der Waals surface area (Å²) in [5, 5.41) is 16.9. The fourth-order valence-electron chi connectivity index (χ4n) is 3.94. The third-order valence-electron chi connectivity index (χ3n) is 5.78. The molecule has 182 valence electrons. The quantitative estimate of drug-likeness (QED) is 0.242. The van der Waals surface area contributed by atoms with E-state index in [-0.39, 0.29) is 11.1 Å². The largest absolute Gasteiger partial charge is 0.504 e. The second-order valence-corrected chi connectivity index (χ2v) is 9.29. The molecule has 1 aliphatic heterocycles. The van der Waals surface area contributed by atoms with E-state index >= 15 is 0 Å². The van der Waals surface area contributed by atoms with E-state index in [1.165, 1.54) is 35.9 Å². The van der Waals surface area contributed by atoms with E-state index in [0.29, 0.717) is 10.9 Å². The number of nitrogens with one attached hydrogen (secondary N) is 1. The molecule has 0 unspecified atom stereocenters. The number of rotatable bonds is 7. The number of phenols is 1. The van der Waals surface area contributed by atoms with Gasteiger partial charge in [-0.2, -0.15) is 0 Å². The maximum Gasteiger partial charge on any atom is 0.257 e. The Labute approximate surface area is 211 Å². The first-order chi connectivity index (χ1) is 17.6. The number of benzene rings is 3. The molecular weight excluding hydrogens is 479 g/mol. The summed E-state index contributed by atoms with van der Waals surface area (Å²) in [5.74, 6) is -1.64. The van der Waals surface area contributed by atoms with Gasteiger partial charge >= 0.3 is 0 Å². The Kier molecular flexibility index (Phi) is 6.90. The predicted octanol–water partition coefficient (Wildman–Crippen LogP) is 5.92. The molecule has 1 aliphatic rings. The zero-order valence-electron chi connectivity index (χ0n) is 19.2. The number of hydrogen-bond donors (Lipinski definition) is 2. The molecule has 1 amide bonds. The van der Waals surface area contributed by atoms with Crippen molar-refractivity contribution in [1.82, 2.24) is 4.98 Å². The fourth-order valence-corrected chi connectivity index (χ4v) is 4.75. The van der Waals surface area contributed by atoms with Crippen LogP contribution in [0.5, 0.6) is 11.5 Å². The first-order valence-corrected chi connectivity index (χ1v) is 12.3. The highest BCUT2D eigenvalue weighted by atomic mass is 32.1. The number of anilines is 2. The number of aromatic hydroxyl groups is 1. The zero-order chi connectivity index (χ0) is 24.9. The lowest BCUT2D eigenvalue weighted by atomic mass is 10.1. The molecule has 9 heteroatoms. The number of para-hydroxylation sites is 1. The van der Waals surface area contributed by atoms with E-state index in [4.69, 9.17) is 4.84 Å². The van der Waals surface area contributed by atoms with Gasteiger partial charge in [0.05, 0.1) is 11.1 Å². The van der Waals surface area contributed by atoms with E-state index in [2.05, 4.69) is 32.5 Å². The van der Waals surface area contributed by atoms with E-state index in [1.807, 2.05) is 18.2 Å². The molecule has 0 radical (unpaired) electrons. The summed E-state index contributed by atoms with van der Waals surface area (Å²) >= 11 is 1.33. The number of phenolic OH excluding ortho intramolecular Hbond substituents is 1. The van der Waals surface area contributed by atoms with Crippen LogP contribution >= 0.6 is 11.3 Å². The summed E-state index contributed by atoms with van der Waals surface area (Å²) in [6.07, 6.45) is 5.26. The van der Waals surface area contributed by atoms with E-state index in [0.717, 1.165) is 35.8 Å². The highest BCUT2D eigenvalue weighted by Crippen LogP contribution is 2.32. The van der Waals surface area contributed by atoms with Gasteiger partial charge in [-0.15, -0.1) is 0 Å². The Bertz CT molecular complexity index is 1400. The zero-order valence-corrected chi connectivity index (χ0v) is 20.0. The van der Waals surface area contributed by atoms with Gasteiger partial charge in [-0.05, 0) is 54.8 Å². The van der Waals surface area contributed by atoms with Gasteiger partial charge in [0.1, 0.15) is 0 Å². The molecule has 1 saturated heterocycles. The smallest absolute Gasteiger partial charge is 0.257 e. The second kappa shape index (κ2) is 10.6. The summed E-state index contributed by atoms with van der Waals surface area (Å²) in [5.41, 5.74) is 2.22. The van der Waals surface area contributed by atoms with Crippen molar-refractivity contribution in [1.29, 1.82) is 0 Å². The third-order valence-corrected chi connectivity index (χ3v) is 6.74. The highest BCUT2D eigenvalue weighted by Gasteiger charge is 2.17. The minimum atomic E-state index is -0.942. The molecule has 5 rings (SSSR count). The Hall–Kier alpha value is -4.24. The molecule has 0 spiro atoms. The second-order valence-electron chi connectivity index (χ2n) is 8.26. The summed E-state index contributed by atoms with van der Waals surface area (Å²) in [6, 6.07) is 19.3. The number of oxime groups is 1. The molecule has 7 nitrogen and oxygen atoms in total. The van der Waals surface area contributed by atoms with Gasteiger partial charge in [0.25, 0.3) is 5.91 Å². The van der Waals surface area contributed by atoms with Crippen LogP contribution in [0.2, 0.25) is 0 Å². The lowest BCUT2D eigenvalue weighted by Gasteiger charge is -2.18. The van der Waals surface area contributed by atoms with Crippen LogP contribution in [-0.2, 0) is 0 Å². The maximum atomic E-state index is 14.3. The molecule has 36 heavy (non-hydrogen) atoms. The van der Waals surface area contributed by atoms with Crippen molar-refractivity contribution in [3.8, 4) is 21.9 Å². The van der Waals surface area contributed by atoms with E-state index in [1.54, 1.807) is 30.5 Å². The lowest BCUT2D eigenvalue weighted by molar-refractivity contribution is 0.102. The maximum absolute atomic E-state index is 14.3. The average Bonchev–Trinajstić information content (AvgIpc) is 3.60. The van der Waals surface area contributed by atoms with Crippen molar-refractivity contribution in [2.24, 2.45) is 5.16 Å². The van der Waals surface area contributed by atoms with Gasteiger partial charge in [0.15, 0.2) is 22.4 Å². The molecule has 0 aliphatic carbocycles. The van der Waals surface area contributed by atoms with Crippen LogP contribution in [0.25, 0.3) is 10.4 Å². The number of amides is 1. The van der Waals surface area contributed by atoms with Crippen molar-refractivity contribution in [3.63, 3.8) is 0 Å². The van der Waals surface area contributed by atoms with Crippen molar-refractivity contribution >= 4 is 34.3 Å². The fraction of sp³-hybridized carbons (Fsp3) is 0.148. The van der Waals surface area contributed by atoms with Gasteiger partial charge in [-0.1, -0.05) is 46.8 Å². The number of halogens is 1. The van der Waals surface area contributed by atoms with Crippen molar-refractivity contribution in [3.05, 3.63) is 89.9 Å². The Morgan fingerprint density at radius 3 is 2.72 bits per heavy atom. The molecule has 2 N–H and O–H groups in total.